The minimum Gasteiger partial charge on any atom is -0.314 e. The number of halogens is 2. The second-order valence-electron chi connectivity index (χ2n) is 4.73. The number of rotatable bonds is 2. The van der Waals surface area contributed by atoms with Gasteiger partial charge < -0.3 is 5.32 Å². The Balaban J connectivity index is 2.19. The second kappa shape index (κ2) is 5.10. The van der Waals surface area contributed by atoms with Gasteiger partial charge in [-0.2, -0.15) is 0 Å². The number of hydrogen-bond acceptors (Lipinski definition) is 2. The molecule has 1 fully saturated rings. The molecule has 1 aliphatic rings. The molecule has 17 heavy (non-hydrogen) atoms. The Bertz CT molecular complexity index is 365. The van der Waals surface area contributed by atoms with E-state index in [2.05, 4.69) is 24.1 Å². The van der Waals surface area contributed by atoms with Gasteiger partial charge >= 0.3 is 0 Å². The molecule has 0 spiro atoms. The molecule has 0 aliphatic carbocycles. The summed E-state index contributed by atoms with van der Waals surface area (Å²) >= 11 is 0. The largest absolute Gasteiger partial charge is 0.314 e. The lowest BCUT2D eigenvalue weighted by Crippen LogP contribution is -2.54. The van der Waals surface area contributed by atoms with Crippen molar-refractivity contribution in [2.45, 2.75) is 32.5 Å². The Morgan fingerprint density at radius 3 is 2.24 bits per heavy atom. The first-order valence-electron chi connectivity index (χ1n) is 5.99. The maximum absolute atomic E-state index is 13.6. The fourth-order valence-corrected chi connectivity index (χ4v) is 2.35. The molecule has 0 aromatic heterocycles. The predicted molar refractivity (Wildman–Crippen MR) is 63.7 cm³/mol. The number of benzene rings is 1. The Hall–Kier alpha value is -1.00. The van der Waals surface area contributed by atoms with E-state index in [9.17, 15) is 8.78 Å². The molecule has 0 unspecified atom stereocenters. The lowest BCUT2D eigenvalue weighted by molar-refractivity contribution is 0.106. The summed E-state index contributed by atoms with van der Waals surface area (Å²) in [7, 11) is 0. The maximum atomic E-state index is 13.6. The SMILES string of the molecule is C[C@@H]1CNC[C@H](C)N1Cc1c(F)cccc1F. The molecule has 0 bridgehead atoms. The molecule has 2 nitrogen and oxygen atoms in total. The highest BCUT2D eigenvalue weighted by Crippen LogP contribution is 2.19. The molecule has 1 aromatic carbocycles. The molecule has 1 aromatic rings. The van der Waals surface area contributed by atoms with E-state index in [1.165, 1.54) is 18.2 Å². The van der Waals surface area contributed by atoms with Gasteiger partial charge in [-0.15, -0.1) is 0 Å². The summed E-state index contributed by atoms with van der Waals surface area (Å²) in [6.07, 6.45) is 0. The van der Waals surface area contributed by atoms with E-state index in [1.54, 1.807) is 0 Å². The molecule has 0 saturated carbocycles. The normalized spacial score (nSPS) is 26.1. The summed E-state index contributed by atoms with van der Waals surface area (Å²) in [6.45, 7) is 6.20. The Morgan fingerprint density at radius 1 is 1.18 bits per heavy atom. The number of nitrogens with one attached hydrogen (secondary N) is 1. The summed E-state index contributed by atoms with van der Waals surface area (Å²) in [4.78, 5) is 2.14. The lowest BCUT2D eigenvalue weighted by atomic mass is 10.1. The highest BCUT2D eigenvalue weighted by Gasteiger charge is 2.26. The van der Waals surface area contributed by atoms with Gasteiger partial charge in [-0.25, -0.2) is 8.78 Å². The molecule has 0 radical (unpaired) electrons. The van der Waals surface area contributed by atoms with Crippen LogP contribution in [-0.2, 0) is 6.54 Å². The zero-order chi connectivity index (χ0) is 12.4. The summed E-state index contributed by atoms with van der Waals surface area (Å²) in [6, 6.07) is 4.61. The van der Waals surface area contributed by atoms with Gasteiger partial charge in [-0.05, 0) is 26.0 Å². The van der Waals surface area contributed by atoms with Gasteiger partial charge in [0.2, 0.25) is 0 Å². The average molecular weight is 240 g/mol. The first-order valence-corrected chi connectivity index (χ1v) is 5.99. The third-order valence-electron chi connectivity index (χ3n) is 3.41. The minimum atomic E-state index is -0.456. The molecular weight excluding hydrogens is 222 g/mol. The van der Waals surface area contributed by atoms with Crippen LogP contribution in [0.3, 0.4) is 0 Å². The van der Waals surface area contributed by atoms with Crippen molar-refractivity contribution in [2.75, 3.05) is 13.1 Å². The van der Waals surface area contributed by atoms with E-state index in [4.69, 9.17) is 0 Å². The zero-order valence-electron chi connectivity index (χ0n) is 10.2. The Kier molecular flexibility index (Phi) is 3.74. The fourth-order valence-electron chi connectivity index (χ4n) is 2.35. The molecule has 1 N–H and O–H groups in total. The van der Waals surface area contributed by atoms with Crippen molar-refractivity contribution in [3.63, 3.8) is 0 Å². The molecule has 1 saturated heterocycles. The molecule has 1 aliphatic heterocycles. The number of nitrogens with zero attached hydrogens (tertiary/aromatic N) is 1. The summed E-state index contributed by atoms with van der Waals surface area (Å²) < 4.78 is 27.2. The topological polar surface area (TPSA) is 15.3 Å². The van der Waals surface area contributed by atoms with E-state index in [0.717, 1.165) is 13.1 Å². The Labute approximate surface area is 101 Å². The number of hydrogen-bond donors (Lipinski definition) is 1. The van der Waals surface area contributed by atoms with Gasteiger partial charge in [0, 0.05) is 37.3 Å². The third kappa shape index (κ3) is 2.64. The molecular formula is C13H18F2N2. The second-order valence-corrected chi connectivity index (χ2v) is 4.73. The van der Waals surface area contributed by atoms with Crippen LogP contribution in [0.15, 0.2) is 18.2 Å². The van der Waals surface area contributed by atoms with Crippen molar-refractivity contribution in [1.29, 1.82) is 0 Å². The minimum absolute atomic E-state index is 0.174. The molecule has 2 atom stereocenters. The number of piperazine rings is 1. The van der Waals surface area contributed by atoms with E-state index >= 15 is 0 Å². The van der Waals surface area contributed by atoms with Gasteiger partial charge in [-0.3, -0.25) is 4.90 Å². The van der Waals surface area contributed by atoms with Crippen molar-refractivity contribution in [3.05, 3.63) is 35.4 Å². The monoisotopic (exact) mass is 240 g/mol. The van der Waals surface area contributed by atoms with E-state index in [-0.39, 0.29) is 17.6 Å². The first kappa shape index (κ1) is 12.5. The molecule has 1 heterocycles. The van der Waals surface area contributed by atoms with E-state index in [1.807, 2.05) is 0 Å². The average Bonchev–Trinajstić information content (AvgIpc) is 2.27. The summed E-state index contributed by atoms with van der Waals surface area (Å²) in [5.41, 5.74) is 0.174. The maximum Gasteiger partial charge on any atom is 0.130 e. The van der Waals surface area contributed by atoms with Gasteiger partial charge in [0.25, 0.3) is 0 Å². The van der Waals surface area contributed by atoms with Crippen LogP contribution in [0, 0.1) is 11.6 Å². The van der Waals surface area contributed by atoms with Gasteiger partial charge in [0.1, 0.15) is 11.6 Å². The van der Waals surface area contributed by atoms with Crippen LogP contribution in [0.2, 0.25) is 0 Å². The van der Waals surface area contributed by atoms with Gasteiger partial charge in [-0.1, -0.05) is 6.07 Å². The standard InChI is InChI=1S/C13H18F2N2/c1-9-6-16-7-10(2)17(9)8-11-12(14)4-3-5-13(11)15/h3-5,9-10,16H,6-8H2,1-2H3/t9-,10+. The summed E-state index contributed by atoms with van der Waals surface area (Å²) in [5, 5.41) is 3.30. The molecule has 2 rings (SSSR count). The fraction of sp³-hybridized carbons (Fsp3) is 0.538. The van der Waals surface area contributed by atoms with E-state index in [0.29, 0.717) is 6.54 Å². The molecule has 0 amide bonds. The summed E-state index contributed by atoms with van der Waals surface area (Å²) in [5.74, 6) is -0.911. The van der Waals surface area contributed by atoms with Gasteiger partial charge in [0.15, 0.2) is 0 Å². The van der Waals surface area contributed by atoms with Crippen LogP contribution in [0.4, 0.5) is 8.78 Å². The van der Waals surface area contributed by atoms with Crippen LogP contribution in [0.5, 0.6) is 0 Å². The Morgan fingerprint density at radius 2 is 1.71 bits per heavy atom. The van der Waals surface area contributed by atoms with Crippen molar-refractivity contribution in [2.24, 2.45) is 0 Å². The van der Waals surface area contributed by atoms with Gasteiger partial charge in [0.05, 0.1) is 0 Å². The van der Waals surface area contributed by atoms with Crippen molar-refractivity contribution in [1.82, 2.24) is 10.2 Å². The van der Waals surface area contributed by atoms with Crippen LogP contribution in [-0.4, -0.2) is 30.1 Å². The first-order chi connectivity index (χ1) is 8.09. The van der Waals surface area contributed by atoms with Crippen LogP contribution < -0.4 is 5.32 Å². The lowest BCUT2D eigenvalue weighted by Gasteiger charge is -2.39. The highest BCUT2D eigenvalue weighted by molar-refractivity contribution is 5.19. The quantitative estimate of drug-likeness (QED) is 0.852. The third-order valence-corrected chi connectivity index (χ3v) is 3.41. The molecule has 4 heteroatoms. The van der Waals surface area contributed by atoms with Crippen LogP contribution in [0.25, 0.3) is 0 Å². The smallest absolute Gasteiger partial charge is 0.130 e. The highest BCUT2D eigenvalue weighted by atomic mass is 19.1. The van der Waals surface area contributed by atoms with Crippen LogP contribution in [0.1, 0.15) is 19.4 Å². The van der Waals surface area contributed by atoms with Crippen molar-refractivity contribution < 1.29 is 8.78 Å². The van der Waals surface area contributed by atoms with Crippen molar-refractivity contribution >= 4 is 0 Å². The molecule has 94 valence electrons. The van der Waals surface area contributed by atoms with E-state index < -0.39 is 11.6 Å². The predicted octanol–water partition coefficient (Wildman–Crippen LogP) is 2.15. The van der Waals surface area contributed by atoms with Crippen molar-refractivity contribution in [3.8, 4) is 0 Å². The zero-order valence-corrected chi connectivity index (χ0v) is 10.2. The van der Waals surface area contributed by atoms with Crippen LogP contribution >= 0.6 is 0 Å².